The van der Waals surface area contributed by atoms with E-state index in [0.717, 1.165) is 5.56 Å². The average Bonchev–Trinajstić information content (AvgIpc) is 3.33. The number of amides is 1. The number of esters is 1. The minimum Gasteiger partial charge on any atom is -0.402 e. The van der Waals surface area contributed by atoms with Gasteiger partial charge in [-0.15, -0.1) is 0 Å². The van der Waals surface area contributed by atoms with Crippen LogP contribution in [-0.4, -0.2) is 33.5 Å². The monoisotopic (exact) mass is 414 g/mol. The van der Waals surface area contributed by atoms with E-state index in [9.17, 15) is 14.4 Å². The van der Waals surface area contributed by atoms with Gasteiger partial charge in [-0.1, -0.05) is 30.3 Å². The Morgan fingerprint density at radius 1 is 1.00 bits per heavy atom. The van der Waals surface area contributed by atoms with E-state index in [1.54, 1.807) is 36.5 Å². The number of carbonyl (C=O) groups is 3. The minimum absolute atomic E-state index is 0.0984. The number of hydrogen-bond donors (Lipinski definition) is 1. The molecule has 0 atom stereocenters. The molecule has 1 aliphatic rings. The molecule has 0 saturated carbocycles. The smallest absolute Gasteiger partial charge is 0.363 e. The van der Waals surface area contributed by atoms with Gasteiger partial charge in [-0.2, -0.15) is 5.10 Å². The number of hydrogen-bond acceptors (Lipinski definition) is 6. The molecule has 3 aromatic rings. The van der Waals surface area contributed by atoms with Crippen LogP contribution >= 0.6 is 0 Å². The van der Waals surface area contributed by atoms with Gasteiger partial charge >= 0.3 is 5.97 Å². The van der Waals surface area contributed by atoms with Crippen molar-refractivity contribution in [2.24, 2.45) is 4.99 Å². The van der Waals surface area contributed by atoms with Crippen molar-refractivity contribution in [2.45, 2.75) is 13.8 Å². The van der Waals surface area contributed by atoms with Gasteiger partial charge in [0.1, 0.15) is 5.69 Å². The van der Waals surface area contributed by atoms with E-state index >= 15 is 0 Å². The van der Waals surface area contributed by atoms with Gasteiger partial charge in [0.2, 0.25) is 17.7 Å². The Labute approximate surface area is 177 Å². The highest BCUT2D eigenvalue weighted by Crippen LogP contribution is 2.26. The van der Waals surface area contributed by atoms with Gasteiger partial charge in [0.15, 0.2) is 5.70 Å². The third kappa shape index (κ3) is 4.32. The Balaban J connectivity index is 1.69. The van der Waals surface area contributed by atoms with Crippen LogP contribution in [-0.2, 0) is 14.3 Å². The largest absolute Gasteiger partial charge is 0.402 e. The van der Waals surface area contributed by atoms with Crippen LogP contribution in [0.25, 0.3) is 17.3 Å². The van der Waals surface area contributed by atoms with Gasteiger partial charge in [0.05, 0.1) is 0 Å². The summed E-state index contributed by atoms with van der Waals surface area (Å²) in [6.45, 7) is 2.83. The van der Waals surface area contributed by atoms with Crippen molar-refractivity contribution in [1.82, 2.24) is 9.78 Å². The van der Waals surface area contributed by atoms with Crippen molar-refractivity contribution >= 4 is 35.4 Å². The molecule has 1 N–H and O–H groups in total. The lowest BCUT2D eigenvalue weighted by Gasteiger charge is -2.03. The molecule has 31 heavy (non-hydrogen) atoms. The summed E-state index contributed by atoms with van der Waals surface area (Å²) in [7, 11) is 0. The van der Waals surface area contributed by atoms with E-state index in [1.807, 2.05) is 30.3 Å². The van der Waals surface area contributed by atoms with Gasteiger partial charge in [0.25, 0.3) is 0 Å². The SMILES string of the molecule is CC(=O)Nc1ccc(C2=NC(=Cc3cn(C(C)=O)nc3-c3ccccc3)C(=O)O2)cc1. The van der Waals surface area contributed by atoms with Gasteiger partial charge in [-0.05, 0) is 30.3 Å². The first-order valence-corrected chi connectivity index (χ1v) is 9.47. The fourth-order valence-electron chi connectivity index (χ4n) is 3.05. The summed E-state index contributed by atoms with van der Waals surface area (Å²) in [6, 6.07) is 16.1. The molecule has 0 spiro atoms. The Hall–Kier alpha value is -4.33. The second kappa shape index (κ2) is 8.19. The van der Waals surface area contributed by atoms with Crippen LogP contribution in [0, 0.1) is 0 Å². The third-order valence-electron chi connectivity index (χ3n) is 4.48. The average molecular weight is 414 g/mol. The molecule has 0 unspecified atom stereocenters. The molecule has 0 fully saturated rings. The van der Waals surface area contributed by atoms with Crippen molar-refractivity contribution < 1.29 is 19.1 Å². The third-order valence-corrected chi connectivity index (χ3v) is 4.48. The first kappa shape index (κ1) is 20.0. The van der Waals surface area contributed by atoms with Gasteiger partial charge in [-0.3, -0.25) is 9.59 Å². The molecule has 0 aliphatic carbocycles. The molecule has 1 aromatic heterocycles. The second-order valence-electron chi connectivity index (χ2n) is 6.86. The molecule has 4 rings (SSSR count). The van der Waals surface area contributed by atoms with Crippen LogP contribution in [0.3, 0.4) is 0 Å². The van der Waals surface area contributed by atoms with Crippen LogP contribution in [0.15, 0.2) is 71.5 Å². The first-order valence-electron chi connectivity index (χ1n) is 9.47. The maximum atomic E-state index is 12.4. The lowest BCUT2D eigenvalue weighted by atomic mass is 10.1. The molecule has 1 amide bonds. The van der Waals surface area contributed by atoms with Crippen molar-refractivity contribution in [3.8, 4) is 11.3 Å². The topological polar surface area (TPSA) is 103 Å². The van der Waals surface area contributed by atoms with Crippen LogP contribution in [0.1, 0.15) is 29.8 Å². The zero-order valence-corrected chi connectivity index (χ0v) is 16.8. The fraction of sp³-hybridized carbons (Fsp3) is 0.0870. The van der Waals surface area contributed by atoms with Crippen molar-refractivity contribution in [3.63, 3.8) is 0 Å². The number of nitrogens with zero attached hydrogens (tertiary/aromatic N) is 3. The lowest BCUT2D eigenvalue weighted by molar-refractivity contribution is -0.129. The summed E-state index contributed by atoms with van der Waals surface area (Å²) in [5.74, 6) is -0.872. The van der Waals surface area contributed by atoms with E-state index in [2.05, 4.69) is 15.4 Å². The van der Waals surface area contributed by atoms with E-state index in [4.69, 9.17) is 4.74 Å². The van der Waals surface area contributed by atoms with Gasteiger partial charge in [0, 0.05) is 42.4 Å². The number of anilines is 1. The normalized spacial score (nSPS) is 14.3. The molecular weight excluding hydrogens is 396 g/mol. The van der Waals surface area contributed by atoms with E-state index in [1.165, 1.54) is 18.5 Å². The summed E-state index contributed by atoms with van der Waals surface area (Å²) in [5, 5.41) is 7.02. The number of nitrogens with one attached hydrogen (secondary N) is 1. The fourth-order valence-corrected chi connectivity index (χ4v) is 3.05. The van der Waals surface area contributed by atoms with E-state index in [0.29, 0.717) is 22.5 Å². The lowest BCUT2D eigenvalue weighted by Crippen LogP contribution is -2.07. The molecule has 2 aromatic carbocycles. The number of aliphatic imine (C=N–C) groups is 1. The highest BCUT2D eigenvalue weighted by molar-refractivity contribution is 6.13. The van der Waals surface area contributed by atoms with Crippen LogP contribution < -0.4 is 5.32 Å². The molecule has 2 heterocycles. The van der Waals surface area contributed by atoms with E-state index in [-0.39, 0.29) is 23.4 Å². The summed E-state index contributed by atoms with van der Waals surface area (Å²) in [4.78, 5) is 39.7. The number of aromatic nitrogens is 2. The number of cyclic esters (lactones) is 1. The molecule has 8 nitrogen and oxygen atoms in total. The predicted octanol–water partition coefficient (Wildman–Crippen LogP) is 3.51. The molecular formula is C23H18N4O4. The quantitative estimate of drug-likeness (QED) is 0.520. The summed E-state index contributed by atoms with van der Waals surface area (Å²) < 4.78 is 6.54. The Kier molecular flexibility index (Phi) is 5.28. The van der Waals surface area contributed by atoms with Crippen molar-refractivity contribution in [2.75, 3.05) is 5.32 Å². The summed E-state index contributed by atoms with van der Waals surface area (Å²) in [6.07, 6.45) is 3.11. The second-order valence-corrected chi connectivity index (χ2v) is 6.86. The highest BCUT2D eigenvalue weighted by Gasteiger charge is 2.25. The van der Waals surface area contributed by atoms with Crippen molar-refractivity contribution in [3.05, 3.63) is 77.6 Å². The molecule has 1 aliphatic heterocycles. The van der Waals surface area contributed by atoms with Crippen molar-refractivity contribution in [1.29, 1.82) is 0 Å². The van der Waals surface area contributed by atoms with Gasteiger partial charge < -0.3 is 10.1 Å². The number of ether oxygens (including phenoxy) is 1. The Bertz CT molecular complexity index is 1240. The zero-order chi connectivity index (χ0) is 22.0. The van der Waals surface area contributed by atoms with Crippen LogP contribution in [0.2, 0.25) is 0 Å². The maximum Gasteiger partial charge on any atom is 0.363 e. The summed E-state index contributed by atoms with van der Waals surface area (Å²) in [5.41, 5.74) is 3.24. The van der Waals surface area contributed by atoms with Gasteiger partial charge in [-0.25, -0.2) is 14.5 Å². The Morgan fingerprint density at radius 3 is 2.35 bits per heavy atom. The molecule has 0 radical (unpaired) electrons. The molecule has 8 heteroatoms. The van der Waals surface area contributed by atoms with Crippen LogP contribution in [0.4, 0.5) is 5.69 Å². The van der Waals surface area contributed by atoms with Crippen LogP contribution in [0.5, 0.6) is 0 Å². The molecule has 0 saturated heterocycles. The number of benzene rings is 2. The number of carbonyl (C=O) groups excluding carboxylic acids is 3. The molecule has 154 valence electrons. The summed E-state index contributed by atoms with van der Waals surface area (Å²) >= 11 is 0. The zero-order valence-electron chi connectivity index (χ0n) is 16.8. The maximum absolute atomic E-state index is 12.4. The Morgan fingerprint density at radius 2 is 1.71 bits per heavy atom. The highest BCUT2D eigenvalue weighted by atomic mass is 16.6. The van der Waals surface area contributed by atoms with E-state index < -0.39 is 5.97 Å². The standard InChI is InChI=1S/C23H18N4O4/c1-14(28)24-19-10-8-17(9-11-19)22-25-20(23(30)31-22)12-18-13-27(15(2)29)26-21(18)16-6-4-3-5-7-16/h3-13H,1-2H3,(H,24,28). The predicted molar refractivity (Wildman–Crippen MR) is 115 cm³/mol. The molecule has 0 bridgehead atoms. The minimum atomic E-state index is -0.601. The first-order chi connectivity index (χ1) is 14.9. The number of rotatable bonds is 4.